The number of ether oxygens (including phenoxy) is 1. The third-order valence-electron chi connectivity index (χ3n) is 2.99. The number of nitrogens with two attached hydrogens (primary N) is 1. The Bertz CT molecular complexity index is 352. The molecule has 0 saturated carbocycles. The van der Waals surface area contributed by atoms with Gasteiger partial charge in [-0.05, 0) is 64.0 Å². The van der Waals surface area contributed by atoms with E-state index in [1.807, 2.05) is 6.92 Å². The first-order chi connectivity index (χ1) is 8.67. The van der Waals surface area contributed by atoms with Gasteiger partial charge in [-0.1, -0.05) is 12.1 Å². The summed E-state index contributed by atoms with van der Waals surface area (Å²) in [5.74, 6) is 0.993. The van der Waals surface area contributed by atoms with E-state index in [0.29, 0.717) is 0 Å². The highest BCUT2D eigenvalue weighted by Crippen LogP contribution is 2.19. The fourth-order valence-electron chi connectivity index (χ4n) is 2.04. The molecule has 0 unspecified atom stereocenters. The minimum absolute atomic E-state index is 0.721. The van der Waals surface area contributed by atoms with Crippen LogP contribution in [-0.2, 0) is 6.54 Å². The maximum Gasteiger partial charge on any atom is 0.122 e. The van der Waals surface area contributed by atoms with Gasteiger partial charge in [0.05, 0.1) is 6.61 Å². The van der Waals surface area contributed by atoms with Gasteiger partial charge >= 0.3 is 0 Å². The quantitative estimate of drug-likeness (QED) is 0.721. The van der Waals surface area contributed by atoms with Gasteiger partial charge in [-0.15, -0.1) is 0 Å². The molecule has 0 heterocycles. The third-order valence-corrected chi connectivity index (χ3v) is 2.99. The van der Waals surface area contributed by atoms with Gasteiger partial charge in [0.15, 0.2) is 0 Å². The van der Waals surface area contributed by atoms with E-state index >= 15 is 0 Å². The Labute approximate surface area is 111 Å². The summed E-state index contributed by atoms with van der Waals surface area (Å²) in [6, 6.07) is 6.43. The molecule has 0 fully saturated rings. The molecule has 2 N–H and O–H groups in total. The minimum atomic E-state index is 0.721. The number of unbranched alkanes of at least 4 members (excludes halogenated alkanes) is 1. The average Bonchev–Trinajstić information content (AvgIpc) is 2.33. The van der Waals surface area contributed by atoms with Crippen molar-refractivity contribution in [1.29, 1.82) is 0 Å². The average molecular weight is 250 g/mol. The normalized spacial score (nSPS) is 10.9. The van der Waals surface area contributed by atoms with Crippen LogP contribution in [0.4, 0.5) is 0 Å². The fraction of sp³-hybridized carbons (Fsp3) is 0.600. The number of nitrogens with zero attached hydrogens (tertiary/aromatic N) is 1. The number of hydrogen-bond donors (Lipinski definition) is 1. The van der Waals surface area contributed by atoms with Crippen LogP contribution < -0.4 is 10.5 Å². The molecule has 0 aliphatic carbocycles. The topological polar surface area (TPSA) is 38.5 Å². The lowest BCUT2D eigenvalue weighted by atomic mass is 10.1. The van der Waals surface area contributed by atoms with Crippen LogP contribution in [0.3, 0.4) is 0 Å². The molecule has 0 amide bonds. The van der Waals surface area contributed by atoms with Gasteiger partial charge in [0, 0.05) is 6.54 Å². The maximum atomic E-state index is 5.55. The first-order valence-corrected chi connectivity index (χ1v) is 6.78. The highest BCUT2D eigenvalue weighted by molar-refractivity contribution is 5.36. The minimum Gasteiger partial charge on any atom is -0.494 e. The highest BCUT2D eigenvalue weighted by atomic mass is 16.5. The van der Waals surface area contributed by atoms with Crippen LogP contribution in [0, 0.1) is 6.92 Å². The standard InChI is InChI=1S/C15H26N2O/c1-4-18-15-8-7-14(11-13(15)2)12-17(3)10-6-5-9-16/h7-8,11H,4-6,9-10,12,16H2,1-3H3. The molecule has 3 heteroatoms. The molecule has 0 aliphatic heterocycles. The molecular weight excluding hydrogens is 224 g/mol. The lowest BCUT2D eigenvalue weighted by Crippen LogP contribution is -2.19. The molecule has 0 aromatic heterocycles. The summed E-state index contributed by atoms with van der Waals surface area (Å²) in [5.41, 5.74) is 8.05. The molecule has 0 radical (unpaired) electrons. The van der Waals surface area contributed by atoms with E-state index in [4.69, 9.17) is 10.5 Å². The van der Waals surface area contributed by atoms with Crippen LogP contribution in [0.15, 0.2) is 18.2 Å². The number of rotatable bonds is 8. The van der Waals surface area contributed by atoms with Gasteiger partial charge in [-0.2, -0.15) is 0 Å². The summed E-state index contributed by atoms with van der Waals surface area (Å²) in [6.45, 7) is 7.71. The number of aryl methyl sites for hydroxylation is 1. The van der Waals surface area contributed by atoms with Gasteiger partial charge in [0.2, 0.25) is 0 Å². The van der Waals surface area contributed by atoms with Crippen molar-refractivity contribution in [2.24, 2.45) is 5.73 Å². The van der Waals surface area contributed by atoms with E-state index in [2.05, 4.69) is 37.1 Å². The fourth-order valence-corrected chi connectivity index (χ4v) is 2.04. The van der Waals surface area contributed by atoms with Gasteiger partial charge in [0.1, 0.15) is 5.75 Å². The SMILES string of the molecule is CCOc1ccc(CN(C)CCCCN)cc1C. The smallest absolute Gasteiger partial charge is 0.122 e. The predicted octanol–water partition coefficient (Wildman–Crippen LogP) is 2.56. The first kappa shape index (κ1) is 15.0. The zero-order valence-corrected chi connectivity index (χ0v) is 11.9. The lowest BCUT2D eigenvalue weighted by Gasteiger charge is -2.17. The van der Waals surface area contributed by atoms with Gasteiger partial charge in [0.25, 0.3) is 0 Å². The molecule has 0 saturated heterocycles. The van der Waals surface area contributed by atoms with Crippen LogP contribution in [0.25, 0.3) is 0 Å². The molecule has 102 valence electrons. The van der Waals surface area contributed by atoms with Crippen molar-refractivity contribution in [3.05, 3.63) is 29.3 Å². The first-order valence-electron chi connectivity index (χ1n) is 6.78. The van der Waals surface area contributed by atoms with E-state index in [1.165, 1.54) is 17.5 Å². The summed E-state index contributed by atoms with van der Waals surface area (Å²) in [4.78, 5) is 2.34. The summed E-state index contributed by atoms with van der Waals surface area (Å²) in [7, 11) is 2.16. The number of hydrogen-bond acceptors (Lipinski definition) is 3. The Balaban J connectivity index is 2.49. The summed E-state index contributed by atoms with van der Waals surface area (Å²) in [5, 5.41) is 0. The monoisotopic (exact) mass is 250 g/mol. The molecule has 0 aliphatic rings. The van der Waals surface area contributed by atoms with E-state index in [0.717, 1.165) is 38.4 Å². The molecule has 0 atom stereocenters. The molecule has 18 heavy (non-hydrogen) atoms. The molecule has 3 nitrogen and oxygen atoms in total. The van der Waals surface area contributed by atoms with Gasteiger partial charge in [-0.25, -0.2) is 0 Å². The Morgan fingerprint density at radius 3 is 2.67 bits per heavy atom. The number of benzene rings is 1. The van der Waals surface area contributed by atoms with Gasteiger partial charge in [-0.3, -0.25) is 0 Å². The van der Waals surface area contributed by atoms with E-state index in [1.54, 1.807) is 0 Å². The second-order valence-electron chi connectivity index (χ2n) is 4.77. The lowest BCUT2D eigenvalue weighted by molar-refractivity contribution is 0.318. The molecule has 1 aromatic rings. The van der Waals surface area contributed by atoms with Crippen LogP contribution in [0.5, 0.6) is 5.75 Å². The highest BCUT2D eigenvalue weighted by Gasteiger charge is 2.03. The van der Waals surface area contributed by atoms with Crippen molar-refractivity contribution in [2.45, 2.75) is 33.2 Å². The third kappa shape index (κ3) is 5.07. The Morgan fingerprint density at radius 2 is 2.06 bits per heavy atom. The van der Waals surface area contributed by atoms with Crippen molar-refractivity contribution >= 4 is 0 Å². The van der Waals surface area contributed by atoms with Gasteiger partial charge < -0.3 is 15.4 Å². The Kier molecular flexibility index (Phi) is 6.76. The maximum absolute atomic E-state index is 5.55. The second kappa shape index (κ2) is 8.11. The zero-order valence-electron chi connectivity index (χ0n) is 11.9. The molecule has 1 rings (SSSR count). The second-order valence-corrected chi connectivity index (χ2v) is 4.77. The van der Waals surface area contributed by atoms with Crippen molar-refractivity contribution in [1.82, 2.24) is 4.90 Å². The Morgan fingerprint density at radius 1 is 1.28 bits per heavy atom. The van der Waals surface area contributed by atoms with E-state index < -0.39 is 0 Å². The van der Waals surface area contributed by atoms with E-state index in [9.17, 15) is 0 Å². The van der Waals surface area contributed by atoms with Crippen molar-refractivity contribution < 1.29 is 4.74 Å². The van der Waals surface area contributed by atoms with E-state index in [-0.39, 0.29) is 0 Å². The Hall–Kier alpha value is -1.06. The predicted molar refractivity (Wildman–Crippen MR) is 77.0 cm³/mol. The largest absolute Gasteiger partial charge is 0.494 e. The van der Waals surface area contributed by atoms with Crippen LogP contribution in [-0.4, -0.2) is 31.6 Å². The zero-order chi connectivity index (χ0) is 13.4. The van der Waals surface area contributed by atoms with Crippen molar-refractivity contribution in [3.63, 3.8) is 0 Å². The van der Waals surface area contributed by atoms with Crippen LogP contribution >= 0.6 is 0 Å². The molecule has 1 aromatic carbocycles. The summed E-state index contributed by atoms with van der Waals surface area (Å²) >= 11 is 0. The molecule has 0 bridgehead atoms. The molecule has 0 spiro atoms. The van der Waals surface area contributed by atoms with Crippen LogP contribution in [0.1, 0.15) is 30.9 Å². The summed E-state index contributed by atoms with van der Waals surface area (Å²) < 4.78 is 5.55. The van der Waals surface area contributed by atoms with Crippen molar-refractivity contribution in [2.75, 3.05) is 26.7 Å². The van der Waals surface area contributed by atoms with Crippen molar-refractivity contribution in [3.8, 4) is 5.75 Å². The summed E-state index contributed by atoms with van der Waals surface area (Å²) in [6.07, 6.45) is 2.27. The van der Waals surface area contributed by atoms with Crippen LogP contribution in [0.2, 0.25) is 0 Å². The molecular formula is C15H26N2O.